The normalized spacial score (nSPS) is 26.6. The van der Waals surface area contributed by atoms with Crippen LogP contribution >= 0.6 is 18.3 Å². The zero-order chi connectivity index (χ0) is 7.61. The van der Waals surface area contributed by atoms with Gasteiger partial charge in [-0.15, -0.1) is 4.20 Å². The molecule has 1 rings (SSSR count). The topological polar surface area (TPSA) is 26.3 Å². The maximum atomic E-state index is 12.1. The van der Waals surface area contributed by atoms with Crippen LogP contribution in [0, 0.1) is 0 Å². The van der Waals surface area contributed by atoms with Crippen molar-refractivity contribution in [1.82, 2.24) is 0 Å². The molecule has 0 saturated heterocycles. The summed E-state index contributed by atoms with van der Waals surface area (Å²) in [4.78, 5) is 0. The second-order valence-corrected chi connectivity index (χ2v) is 4.68. The van der Waals surface area contributed by atoms with Gasteiger partial charge in [-0.3, -0.25) is 4.52 Å². The van der Waals surface area contributed by atoms with Crippen LogP contribution in [0.15, 0.2) is 0 Å². The molecule has 10 heavy (non-hydrogen) atoms. The van der Waals surface area contributed by atoms with Crippen LogP contribution in [0.1, 0.15) is 25.7 Å². The van der Waals surface area contributed by atoms with Crippen LogP contribution in [0.3, 0.4) is 0 Å². The first-order valence-corrected chi connectivity index (χ1v) is 5.68. The summed E-state index contributed by atoms with van der Waals surface area (Å²) >= 11 is 4.78. The third-order valence-electron chi connectivity index (χ3n) is 1.57. The lowest BCUT2D eigenvalue weighted by Crippen LogP contribution is -2.01. The molecule has 1 fully saturated rings. The number of hydrogen-bond acceptors (Lipinski definition) is 2. The van der Waals surface area contributed by atoms with Gasteiger partial charge in [-0.05, 0) is 12.8 Å². The smallest absolute Gasteiger partial charge is 0.290 e. The number of rotatable bonds is 2. The van der Waals surface area contributed by atoms with E-state index in [1.54, 1.807) is 0 Å². The van der Waals surface area contributed by atoms with Gasteiger partial charge in [-0.25, -0.2) is 4.57 Å². The monoisotopic (exact) mass is 186 g/mol. The van der Waals surface area contributed by atoms with Crippen molar-refractivity contribution in [2.45, 2.75) is 31.8 Å². The second kappa shape index (κ2) is 3.21. The quantitative estimate of drug-likeness (QED) is 0.619. The van der Waals surface area contributed by atoms with E-state index >= 15 is 0 Å². The van der Waals surface area contributed by atoms with E-state index in [-0.39, 0.29) is 6.10 Å². The SMILES string of the molecule is O=P(F)(Cl)OC1CCCC1. The highest BCUT2D eigenvalue weighted by Crippen LogP contribution is 2.56. The Morgan fingerprint density at radius 1 is 1.50 bits per heavy atom. The molecule has 60 valence electrons. The van der Waals surface area contributed by atoms with Crippen molar-refractivity contribution < 1.29 is 13.3 Å². The maximum Gasteiger partial charge on any atom is 0.461 e. The molecule has 1 atom stereocenters. The molecule has 0 bridgehead atoms. The van der Waals surface area contributed by atoms with E-state index in [0.717, 1.165) is 25.7 Å². The van der Waals surface area contributed by atoms with Crippen LogP contribution in [0.2, 0.25) is 0 Å². The Labute approximate surface area is 64.1 Å². The highest BCUT2D eigenvalue weighted by atomic mass is 35.7. The molecule has 2 nitrogen and oxygen atoms in total. The Balaban J connectivity index is 2.31. The lowest BCUT2D eigenvalue weighted by molar-refractivity contribution is 0.204. The first kappa shape index (κ1) is 8.51. The summed E-state index contributed by atoms with van der Waals surface area (Å²) < 4.78 is 26.8. The lowest BCUT2D eigenvalue weighted by atomic mass is 10.3. The van der Waals surface area contributed by atoms with Crippen LogP contribution in [-0.2, 0) is 9.09 Å². The predicted octanol–water partition coefficient (Wildman–Crippen LogP) is 3.26. The lowest BCUT2D eigenvalue weighted by Gasteiger charge is -2.08. The van der Waals surface area contributed by atoms with Gasteiger partial charge < -0.3 is 0 Å². The average molecular weight is 187 g/mol. The summed E-state index contributed by atoms with van der Waals surface area (Å²) in [5.74, 6) is 0. The fourth-order valence-electron chi connectivity index (χ4n) is 1.17. The maximum absolute atomic E-state index is 12.1. The molecule has 0 aliphatic heterocycles. The van der Waals surface area contributed by atoms with E-state index in [1.807, 2.05) is 0 Å². The summed E-state index contributed by atoms with van der Waals surface area (Å²) in [7, 11) is -4.24. The zero-order valence-corrected chi connectivity index (χ0v) is 7.08. The van der Waals surface area contributed by atoms with Crippen LogP contribution in [0.5, 0.6) is 0 Å². The molecule has 0 radical (unpaired) electrons. The van der Waals surface area contributed by atoms with Gasteiger partial charge >= 0.3 is 7.03 Å². The fraction of sp³-hybridized carbons (Fsp3) is 1.00. The molecule has 0 amide bonds. The molecule has 0 heterocycles. The van der Waals surface area contributed by atoms with Crippen LogP contribution in [0.4, 0.5) is 4.20 Å². The molecule has 0 spiro atoms. The molecule has 1 aliphatic carbocycles. The Kier molecular flexibility index (Phi) is 2.73. The third-order valence-corrected chi connectivity index (χ3v) is 2.36. The van der Waals surface area contributed by atoms with E-state index in [0.29, 0.717) is 0 Å². The molecular weight excluding hydrogens is 177 g/mol. The summed E-state index contributed by atoms with van der Waals surface area (Å²) in [6.45, 7) is 0. The Morgan fingerprint density at radius 3 is 2.40 bits per heavy atom. The largest absolute Gasteiger partial charge is 0.461 e. The summed E-state index contributed by atoms with van der Waals surface area (Å²) in [5.41, 5.74) is 0. The molecule has 0 aromatic carbocycles. The van der Waals surface area contributed by atoms with E-state index in [2.05, 4.69) is 4.52 Å². The van der Waals surface area contributed by atoms with E-state index in [1.165, 1.54) is 0 Å². The van der Waals surface area contributed by atoms with Gasteiger partial charge in [0.05, 0.1) is 6.10 Å². The Hall–Kier alpha value is 0.410. The first-order chi connectivity index (χ1) is 4.58. The van der Waals surface area contributed by atoms with Crippen molar-refractivity contribution in [2.24, 2.45) is 0 Å². The van der Waals surface area contributed by atoms with Crippen molar-refractivity contribution >= 4 is 18.3 Å². The van der Waals surface area contributed by atoms with Gasteiger partial charge in [0.15, 0.2) is 0 Å². The van der Waals surface area contributed by atoms with Crippen LogP contribution in [0.25, 0.3) is 0 Å². The van der Waals surface area contributed by atoms with E-state index in [9.17, 15) is 8.76 Å². The minimum atomic E-state index is -4.24. The average Bonchev–Trinajstić information content (AvgIpc) is 2.12. The summed E-state index contributed by atoms with van der Waals surface area (Å²) in [6, 6.07) is 0. The van der Waals surface area contributed by atoms with Crippen molar-refractivity contribution in [2.75, 3.05) is 0 Å². The molecular formula is C5H9ClFO2P. The van der Waals surface area contributed by atoms with Crippen molar-refractivity contribution in [3.8, 4) is 0 Å². The molecule has 0 N–H and O–H groups in total. The fourth-order valence-corrected chi connectivity index (χ4v) is 2.06. The highest BCUT2D eigenvalue weighted by molar-refractivity contribution is 7.81. The summed E-state index contributed by atoms with van der Waals surface area (Å²) in [5, 5.41) is 0. The molecule has 0 aromatic rings. The van der Waals surface area contributed by atoms with Gasteiger partial charge in [-0.1, -0.05) is 12.8 Å². The first-order valence-electron chi connectivity index (χ1n) is 3.26. The zero-order valence-electron chi connectivity index (χ0n) is 5.43. The predicted molar refractivity (Wildman–Crippen MR) is 37.9 cm³/mol. The van der Waals surface area contributed by atoms with Crippen LogP contribution < -0.4 is 0 Å². The Bertz CT molecular complexity index is 152. The standard InChI is InChI=1S/C5H9ClFO2P/c6-10(7,8)9-5-3-1-2-4-5/h5H,1-4H2. The Morgan fingerprint density at radius 2 is 2.00 bits per heavy atom. The van der Waals surface area contributed by atoms with Crippen molar-refractivity contribution in [1.29, 1.82) is 0 Å². The molecule has 1 aliphatic rings. The number of halogens is 2. The van der Waals surface area contributed by atoms with Gasteiger partial charge in [0, 0.05) is 11.2 Å². The molecule has 1 unspecified atom stereocenters. The van der Waals surface area contributed by atoms with Gasteiger partial charge in [0.2, 0.25) is 0 Å². The minimum absolute atomic E-state index is 0.215. The summed E-state index contributed by atoms with van der Waals surface area (Å²) in [6.07, 6.45) is 3.37. The number of hydrogen-bond donors (Lipinski definition) is 0. The second-order valence-electron chi connectivity index (χ2n) is 2.43. The van der Waals surface area contributed by atoms with E-state index in [4.69, 9.17) is 11.2 Å². The third kappa shape index (κ3) is 3.00. The van der Waals surface area contributed by atoms with Crippen molar-refractivity contribution in [3.05, 3.63) is 0 Å². The van der Waals surface area contributed by atoms with Gasteiger partial charge in [0.25, 0.3) is 0 Å². The van der Waals surface area contributed by atoms with E-state index < -0.39 is 7.03 Å². The molecule has 1 saturated carbocycles. The van der Waals surface area contributed by atoms with Gasteiger partial charge in [0.1, 0.15) is 0 Å². The highest BCUT2D eigenvalue weighted by Gasteiger charge is 2.26. The van der Waals surface area contributed by atoms with Crippen molar-refractivity contribution in [3.63, 3.8) is 0 Å². The van der Waals surface area contributed by atoms with Gasteiger partial charge in [-0.2, -0.15) is 0 Å². The minimum Gasteiger partial charge on any atom is -0.290 e. The molecule has 5 heteroatoms. The molecule has 0 aromatic heterocycles. The van der Waals surface area contributed by atoms with Crippen LogP contribution in [-0.4, -0.2) is 6.10 Å².